The summed E-state index contributed by atoms with van der Waals surface area (Å²) in [4.78, 5) is 19.2. The average molecular weight is 246 g/mol. The Bertz CT molecular complexity index is 491. The molecule has 2 rings (SSSR count). The van der Waals surface area contributed by atoms with E-state index in [2.05, 4.69) is 9.97 Å². The number of Topliss-reactive ketones (excluding diaryl/α,β-unsaturated/α-hetero) is 1. The fourth-order valence-corrected chi connectivity index (χ4v) is 2.32. The first-order chi connectivity index (χ1) is 8.16. The van der Waals surface area contributed by atoms with Gasteiger partial charge in [0, 0.05) is 18.0 Å². The van der Waals surface area contributed by atoms with Crippen molar-refractivity contribution >= 4 is 17.5 Å². The fraction of sp³-hybridized carbons (Fsp3) is 0.231. The van der Waals surface area contributed by atoms with Crippen molar-refractivity contribution in [3.63, 3.8) is 0 Å². The van der Waals surface area contributed by atoms with E-state index in [0.29, 0.717) is 0 Å². The van der Waals surface area contributed by atoms with Gasteiger partial charge in [-0.1, -0.05) is 41.6 Å². The van der Waals surface area contributed by atoms with E-state index in [1.807, 2.05) is 38.1 Å². The van der Waals surface area contributed by atoms with Crippen LogP contribution in [-0.2, 0) is 0 Å². The van der Waals surface area contributed by atoms with Crippen LogP contribution in [0.4, 0.5) is 0 Å². The molecule has 1 heterocycles. The van der Waals surface area contributed by atoms with Gasteiger partial charge in [-0.15, -0.1) is 0 Å². The minimum Gasteiger partial charge on any atom is -0.340 e. The van der Waals surface area contributed by atoms with Crippen molar-refractivity contribution in [3.8, 4) is 0 Å². The number of aromatic nitrogens is 2. The molecule has 0 fully saturated rings. The maximum absolute atomic E-state index is 12.1. The molecule has 0 aliphatic carbocycles. The zero-order chi connectivity index (χ0) is 12.3. The number of rotatable bonds is 4. The van der Waals surface area contributed by atoms with E-state index in [4.69, 9.17) is 0 Å². The highest BCUT2D eigenvalue weighted by molar-refractivity contribution is 8.00. The third kappa shape index (κ3) is 2.97. The van der Waals surface area contributed by atoms with Crippen molar-refractivity contribution in [2.24, 2.45) is 0 Å². The predicted molar refractivity (Wildman–Crippen MR) is 69.4 cm³/mol. The highest BCUT2D eigenvalue weighted by atomic mass is 32.2. The van der Waals surface area contributed by atoms with Crippen molar-refractivity contribution in [1.82, 2.24) is 9.97 Å². The fourth-order valence-electron chi connectivity index (χ4n) is 1.49. The van der Waals surface area contributed by atoms with Gasteiger partial charge < -0.3 is 4.98 Å². The van der Waals surface area contributed by atoms with Crippen LogP contribution in [0.25, 0.3) is 0 Å². The summed E-state index contributed by atoms with van der Waals surface area (Å²) in [7, 11) is 0. The minimum absolute atomic E-state index is 0.131. The molecule has 0 saturated carbocycles. The van der Waals surface area contributed by atoms with Crippen molar-refractivity contribution in [1.29, 1.82) is 0 Å². The van der Waals surface area contributed by atoms with Crippen molar-refractivity contribution < 1.29 is 4.79 Å². The molecule has 1 atom stereocenters. The van der Waals surface area contributed by atoms with Gasteiger partial charge in [0.2, 0.25) is 0 Å². The standard InChI is InChI=1S/C13H14N2OS/c1-9-3-5-11(6-4-9)12(16)10(2)17-13-14-7-8-15-13/h3-8,10H,1-2H3,(H,14,15). The first-order valence-electron chi connectivity index (χ1n) is 5.44. The molecule has 0 aliphatic rings. The maximum Gasteiger partial charge on any atom is 0.175 e. The van der Waals surface area contributed by atoms with E-state index in [-0.39, 0.29) is 11.0 Å². The summed E-state index contributed by atoms with van der Waals surface area (Å²) in [6, 6.07) is 7.66. The van der Waals surface area contributed by atoms with Gasteiger partial charge in [0.05, 0.1) is 5.25 Å². The van der Waals surface area contributed by atoms with Crippen molar-refractivity contribution in [2.75, 3.05) is 0 Å². The molecule has 0 radical (unpaired) electrons. The van der Waals surface area contributed by atoms with Gasteiger partial charge in [-0.3, -0.25) is 4.79 Å². The lowest BCUT2D eigenvalue weighted by Crippen LogP contribution is -2.13. The third-order valence-corrected chi connectivity index (χ3v) is 3.48. The van der Waals surface area contributed by atoms with E-state index in [9.17, 15) is 4.79 Å². The molecule has 3 nitrogen and oxygen atoms in total. The summed E-state index contributed by atoms with van der Waals surface area (Å²) in [6.45, 7) is 3.91. The number of hydrogen-bond acceptors (Lipinski definition) is 3. The smallest absolute Gasteiger partial charge is 0.175 e. The molecule has 4 heteroatoms. The first kappa shape index (κ1) is 11.9. The van der Waals surface area contributed by atoms with Crippen LogP contribution in [0.3, 0.4) is 0 Å². The SMILES string of the molecule is Cc1ccc(C(=O)C(C)Sc2ncc[nH]2)cc1. The number of ketones is 1. The molecule has 0 saturated heterocycles. The Morgan fingerprint density at radius 3 is 2.65 bits per heavy atom. The van der Waals surface area contributed by atoms with Crippen LogP contribution in [0.5, 0.6) is 0 Å². The van der Waals surface area contributed by atoms with Gasteiger partial charge in [-0.25, -0.2) is 4.98 Å². The molecule has 1 aromatic carbocycles. The monoisotopic (exact) mass is 246 g/mol. The highest BCUT2D eigenvalue weighted by Crippen LogP contribution is 2.22. The summed E-state index contributed by atoms with van der Waals surface area (Å²) in [5.41, 5.74) is 1.91. The predicted octanol–water partition coefficient (Wildman–Crippen LogP) is 3.08. The summed E-state index contributed by atoms with van der Waals surface area (Å²) >= 11 is 1.44. The van der Waals surface area contributed by atoms with Crippen LogP contribution in [-0.4, -0.2) is 21.0 Å². The topological polar surface area (TPSA) is 45.8 Å². The molecular formula is C13H14N2OS. The van der Waals surface area contributed by atoms with E-state index in [0.717, 1.165) is 16.3 Å². The number of aryl methyl sites for hydroxylation is 1. The van der Waals surface area contributed by atoms with Crippen LogP contribution < -0.4 is 0 Å². The second-order valence-electron chi connectivity index (χ2n) is 3.88. The molecule has 0 aliphatic heterocycles. The lowest BCUT2D eigenvalue weighted by molar-refractivity contribution is 0.0994. The number of thioether (sulfide) groups is 1. The van der Waals surface area contributed by atoms with Crippen LogP contribution >= 0.6 is 11.8 Å². The first-order valence-corrected chi connectivity index (χ1v) is 6.31. The van der Waals surface area contributed by atoms with Crippen LogP contribution in [0.1, 0.15) is 22.8 Å². The molecule has 1 aromatic heterocycles. The number of nitrogens with zero attached hydrogens (tertiary/aromatic N) is 1. The Kier molecular flexibility index (Phi) is 3.64. The quantitative estimate of drug-likeness (QED) is 0.666. The highest BCUT2D eigenvalue weighted by Gasteiger charge is 2.17. The van der Waals surface area contributed by atoms with Gasteiger partial charge in [0.1, 0.15) is 0 Å². The Balaban J connectivity index is 2.07. The second-order valence-corrected chi connectivity index (χ2v) is 5.21. The van der Waals surface area contributed by atoms with Crippen LogP contribution in [0, 0.1) is 6.92 Å². The van der Waals surface area contributed by atoms with Gasteiger partial charge in [-0.2, -0.15) is 0 Å². The summed E-state index contributed by atoms with van der Waals surface area (Å²) in [6.07, 6.45) is 3.44. The van der Waals surface area contributed by atoms with Gasteiger partial charge in [0.15, 0.2) is 10.9 Å². The van der Waals surface area contributed by atoms with E-state index < -0.39 is 0 Å². The molecule has 0 spiro atoms. The molecule has 2 aromatic rings. The Morgan fingerprint density at radius 2 is 2.06 bits per heavy atom. The van der Waals surface area contributed by atoms with E-state index >= 15 is 0 Å². The summed E-state index contributed by atoms with van der Waals surface area (Å²) in [5, 5.41) is 0.641. The normalized spacial score (nSPS) is 12.4. The molecular weight excluding hydrogens is 232 g/mol. The van der Waals surface area contributed by atoms with Gasteiger partial charge in [-0.05, 0) is 13.8 Å². The third-order valence-electron chi connectivity index (χ3n) is 2.47. The lowest BCUT2D eigenvalue weighted by Gasteiger charge is -2.08. The number of imidazole rings is 1. The van der Waals surface area contributed by atoms with Crippen molar-refractivity contribution in [3.05, 3.63) is 47.8 Å². The number of aromatic amines is 1. The average Bonchev–Trinajstić information content (AvgIpc) is 2.82. The lowest BCUT2D eigenvalue weighted by atomic mass is 10.1. The van der Waals surface area contributed by atoms with Crippen LogP contribution in [0.15, 0.2) is 41.8 Å². The molecule has 0 bridgehead atoms. The number of benzene rings is 1. The number of H-pyrrole nitrogens is 1. The number of hydrogen-bond donors (Lipinski definition) is 1. The zero-order valence-corrected chi connectivity index (χ0v) is 10.6. The zero-order valence-electron chi connectivity index (χ0n) is 9.81. The number of carbonyl (C=O) groups excluding carboxylic acids is 1. The Hall–Kier alpha value is -1.55. The van der Waals surface area contributed by atoms with Gasteiger partial charge >= 0.3 is 0 Å². The minimum atomic E-state index is -0.135. The summed E-state index contributed by atoms with van der Waals surface area (Å²) < 4.78 is 0. The largest absolute Gasteiger partial charge is 0.340 e. The number of nitrogens with one attached hydrogen (secondary N) is 1. The van der Waals surface area contributed by atoms with E-state index in [1.54, 1.807) is 12.4 Å². The van der Waals surface area contributed by atoms with Gasteiger partial charge in [0.25, 0.3) is 0 Å². The Labute approximate surface area is 105 Å². The number of carbonyl (C=O) groups is 1. The Morgan fingerprint density at radius 1 is 1.35 bits per heavy atom. The molecule has 88 valence electrons. The van der Waals surface area contributed by atoms with Crippen LogP contribution in [0.2, 0.25) is 0 Å². The van der Waals surface area contributed by atoms with Crippen molar-refractivity contribution in [2.45, 2.75) is 24.3 Å². The summed E-state index contributed by atoms with van der Waals surface area (Å²) in [5.74, 6) is 0.131. The molecule has 1 N–H and O–H groups in total. The molecule has 1 unspecified atom stereocenters. The molecule has 17 heavy (non-hydrogen) atoms. The molecule has 0 amide bonds. The van der Waals surface area contributed by atoms with E-state index in [1.165, 1.54) is 11.8 Å². The maximum atomic E-state index is 12.1. The second kappa shape index (κ2) is 5.19.